The first-order valence-electron chi connectivity index (χ1n) is 6.13. The molecule has 1 aromatic heterocycles. The van der Waals surface area contributed by atoms with Gasteiger partial charge in [0.05, 0.1) is 11.8 Å². The van der Waals surface area contributed by atoms with E-state index in [2.05, 4.69) is 10.4 Å². The van der Waals surface area contributed by atoms with E-state index in [-0.39, 0.29) is 17.9 Å². The zero-order chi connectivity index (χ0) is 13.3. The summed E-state index contributed by atoms with van der Waals surface area (Å²) >= 11 is 0. The van der Waals surface area contributed by atoms with Gasteiger partial charge in [-0.15, -0.1) is 0 Å². The monoisotopic (exact) mass is 250 g/mol. The lowest BCUT2D eigenvalue weighted by molar-refractivity contribution is -0.127. The first kappa shape index (κ1) is 12.6. The summed E-state index contributed by atoms with van der Waals surface area (Å²) in [5.74, 6) is -0.180. The van der Waals surface area contributed by atoms with Crippen molar-refractivity contribution in [3.8, 4) is 0 Å². The molecule has 0 bridgehead atoms. The zero-order valence-corrected chi connectivity index (χ0v) is 10.9. The van der Waals surface area contributed by atoms with E-state index in [9.17, 15) is 9.59 Å². The number of carbonyl (C=O) groups excluding carboxylic acids is 2. The lowest BCUT2D eigenvalue weighted by Gasteiger charge is -2.34. The summed E-state index contributed by atoms with van der Waals surface area (Å²) in [6, 6.07) is -0.370. The molecular weight excluding hydrogens is 232 g/mol. The van der Waals surface area contributed by atoms with Crippen LogP contribution in [0.3, 0.4) is 0 Å². The lowest BCUT2D eigenvalue weighted by atomic mass is 10.1. The van der Waals surface area contributed by atoms with Crippen LogP contribution in [0, 0.1) is 6.92 Å². The van der Waals surface area contributed by atoms with E-state index in [4.69, 9.17) is 0 Å². The van der Waals surface area contributed by atoms with Gasteiger partial charge in [-0.3, -0.25) is 14.3 Å². The van der Waals surface area contributed by atoms with Crippen LogP contribution >= 0.6 is 0 Å². The van der Waals surface area contributed by atoms with Gasteiger partial charge in [0, 0.05) is 25.8 Å². The van der Waals surface area contributed by atoms with Crippen LogP contribution in [0.25, 0.3) is 0 Å². The molecule has 1 N–H and O–H groups in total. The van der Waals surface area contributed by atoms with Crippen LogP contribution in [-0.2, 0) is 11.8 Å². The maximum atomic E-state index is 12.4. The van der Waals surface area contributed by atoms with Gasteiger partial charge in [-0.1, -0.05) is 6.92 Å². The molecule has 2 amide bonds. The Kier molecular flexibility index (Phi) is 3.36. The SMILES string of the molecule is CCC1C(=O)NCCN1C(=O)c1cnn(C)c1C. The van der Waals surface area contributed by atoms with Crippen LogP contribution in [0.2, 0.25) is 0 Å². The Morgan fingerprint density at radius 3 is 2.89 bits per heavy atom. The molecule has 18 heavy (non-hydrogen) atoms. The third kappa shape index (κ3) is 1.98. The molecule has 0 spiro atoms. The van der Waals surface area contributed by atoms with Crippen LogP contribution in [0.5, 0.6) is 0 Å². The fourth-order valence-electron chi connectivity index (χ4n) is 2.23. The molecule has 0 aromatic carbocycles. The Morgan fingerprint density at radius 2 is 2.33 bits per heavy atom. The highest BCUT2D eigenvalue weighted by Gasteiger charge is 2.33. The van der Waals surface area contributed by atoms with E-state index in [1.165, 1.54) is 0 Å². The standard InChI is InChI=1S/C12H18N4O2/c1-4-10-11(17)13-5-6-16(10)12(18)9-7-14-15(3)8(9)2/h7,10H,4-6H2,1-3H3,(H,13,17). The molecule has 0 saturated carbocycles. The van der Waals surface area contributed by atoms with Crippen LogP contribution in [0.15, 0.2) is 6.20 Å². The van der Waals surface area contributed by atoms with Gasteiger partial charge in [0.25, 0.3) is 5.91 Å². The Bertz CT molecular complexity index is 480. The van der Waals surface area contributed by atoms with Crippen molar-refractivity contribution in [2.75, 3.05) is 13.1 Å². The topological polar surface area (TPSA) is 67.2 Å². The zero-order valence-electron chi connectivity index (χ0n) is 10.9. The van der Waals surface area contributed by atoms with Crippen molar-refractivity contribution < 1.29 is 9.59 Å². The van der Waals surface area contributed by atoms with E-state index in [1.54, 1.807) is 22.8 Å². The lowest BCUT2D eigenvalue weighted by Crippen LogP contribution is -2.56. The number of rotatable bonds is 2. The van der Waals surface area contributed by atoms with Crippen molar-refractivity contribution in [3.05, 3.63) is 17.5 Å². The minimum Gasteiger partial charge on any atom is -0.353 e. The molecule has 0 aliphatic carbocycles. The van der Waals surface area contributed by atoms with Gasteiger partial charge in [-0.2, -0.15) is 5.10 Å². The van der Waals surface area contributed by atoms with Gasteiger partial charge in [0.15, 0.2) is 0 Å². The second-order valence-electron chi connectivity index (χ2n) is 4.48. The van der Waals surface area contributed by atoms with E-state index in [1.807, 2.05) is 13.8 Å². The average Bonchev–Trinajstić information content (AvgIpc) is 2.69. The molecule has 6 nitrogen and oxygen atoms in total. The fourth-order valence-corrected chi connectivity index (χ4v) is 2.23. The minimum atomic E-state index is -0.370. The van der Waals surface area contributed by atoms with Crippen molar-refractivity contribution in [1.82, 2.24) is 20.0 Å². The number of hydrogen-bond acceptors (Lipinski definition) is 3. The molecule has 1 fully saturated rings. The second kappa shape index (κ2) is 4.80. The molecule has 1 aliphatic heterocycles. The van der Waals surface area contributed by atoms with Gasteiger partial charge >= 0.3 is 0 Å². The van der Waals surface area contributed by atoms with Crippen LogP contribution in [-0.4, -0.2) is 45.6 Å². The summed E-state index contributed by atoms with van der Waals surface area (Å²) in [6.45, 7) is 4.83. The Morgan fingerprint density at radius 1 is 1.61 bits per heavy atom. The molecule has 1 aromatic rings. The number of piperazine rings is 1. The van der Waals surface area contributed by atoms with E-state index in [0.29, 0.717) is 25.1 Å². The third-order valence-corrected chi connectivity index (χ3v) is 3.44. The highest BCUT2D eigenvalue weighted by molar-refractivity contribution is 5.98. The Balaban J connectivity index is 2.27. The van der Waals surface area contributed by atoms with Crippen molar-refractivity contribution in [2.24, 2.45) is 7.05 Å². The maximum Gasteiger partial charge on any atom is 0.258 e. The van der Waals surface area contributed by atoms with Crippen molar-refractivity contribution >= 4 is 11.8 Å². The normalized spacial score (nSPS) is 19.8. The molecule has 0 radical (unpaired) electrons. The smallest absolute Gasteiger partial charge is 0.258 e. The highest BCUT2D eigenvalue weighted by atomic mass is 16.2. The summed E-state index contributed by atoms with van der Waals surface area (Å²) in [5.41, 5.74) is 1.39. The molecule has 6 heteroatoms. The van der Waals surface area contributed by atoms with Crippen molar-refractivity contribution in [1.29, 1.82) is 0 Å². The number of aryl methyl sites for hydroxylation is 1. The summed E-state index contributed by atoms with van der Waals surface area (Å²) in [7, 11) is 1.80. The van der Waals surface area contributed by atoms with E-state index < -0.39 is 0 Å². The molecule has 98 valence electrons. The van der Waals surface area contributed by atoms with Crippen LogP contribution in [0.1, 0.15) is 29.4 Å². The highest BCUT2D eigenvalue weighted by Crippen LogP contribution is 2.15. The minimum absolute atomic E-state index is 0.0707. The number of nitrogens with zero attached hydrogens (tertiary/aromatic N) is 3. The van der Waals surface area contributed by atoms with Gasteiger partial charge < -0.3 is 10.2 Å². The molecule has 2 heterocycles. The quantitative estimate of drug-likeness (QED) is 0.808. The maximum absolute atomic E-state index is 12.4. The van der Waals surface area contributed by atoms with Crippen LogP contribution < -0.4 is 5.32 Å². The van der Waals surface area contributed by atoms with Crippen molar-refractivity contribution in [3.63, 3.8) is 0 Å². The van der Waals surface area contributed by atoms with E-state index >= 15 is 0 Å². The Labute approximate surface area is 106 Å². The summed E-state index contributed by atoms with van der Waals surface area (Å²) in [4.78, 5) is 25.8. The number of carbonyl (C=O) groups is 2. The van der Waals surface area contributed by atoms with Crippen LogP contribution in [0.4, 0.5) is 0 Å². The molecule has 1 aliphatic rings. The van der Waals surface area contributed by atoms with Gasteiger partial charge in [-0.25, -0.2) is 0 Å². The average molecular weight is 250 g/mol. The summed E-state index contributed by atoms with van der Waals surface area (Å²) in [5, 5.41) is 6.86. The first-order chi connectivity index (χ1) is 8.56. The number of aromatic nitrogens is 2. The summed E-state index contributed by atoms with van der Waals surface area (Å²) in [6.07, 6.45) is 2.19. The number of nitrogens with one attached hydrogen (secondary N) is 1. The molecular formula is C12H18N4O2. The predicted octanol–water partition coefficient (Wildman–Crippen LogP) is 0.0791. The first-order valence-corrected chi connectivity index (χ1v) is 6.13. The van der Waals surface area contributed by atoms with Gasteiger partial charge in [0.2, 0.25) is 5.91 Å². The van der Waals surface area contributed by atoms with Gasteiger partial charge in [-0.05, 0) is 13.3 Å². The number of hydrogen-bond donors (Lipinski definition) is 1. The third-order valence-electron chi connectivity index (χ3n) is 3.44. The predicted molar refractivity (Wildman–Crippen MR) is 66.1 cm³/mol. The number of amides is 2. The second-order valence-corrected chi connectivity index (χ2v) is 4.48. The molecule has 1 saturated heterocycles. The molecule has 2 rings (SSSR count). The molecule has 1 atom stereocenters. The Hall–Kier alpha value is -1.85. The van der Waals surface area contributed by atoms with E-state index in [0.717, 1.165) is 5.69 Å². The van der Waals surface area contributed by atoms with Crippen molar-refractivity contribution in [2.45, 2.75) is 26.3 Å². The fraction of sp³-hybridized carbons (Fsp3) is 0.583. The molecule has 1 unspecified atom stereocenters. The van der Waals surface area contributed by atoms with Gasteiger partial charge in [0.1, 0.15) is 6.04 Å². The largest absolute Gasteiger partial charge is 0.353 e. The summed E-state index contributed by atoms with van der Waals surface area (Å²) < 4.78 is 1.66.